The van der Waals surface area contributed by atoms with Crippen LogP contribution in [0.4, 0.5) is 0 Å². The number of allylic oxidation sites excluding steroid dienone is 1. The van der Waals surface area contributed by atoms with Crippen LogP contribution < -0.4 is 4.72 Å². The summed E-state index contributed by atoms with van der Waals surface area (Å²) >= 11 is 0. The molecule has 1 saturated carbocycles. The Morgan fingerprint density at radius 3 is 2.73 bits per heavy atom. The molecule has 1 aromatic carbocycles. The second kappa shape index (κ2) is 7.90. The van der Waals surface area contributed by atoms with Crippen LogP contribution in [0.15, 0.2) is 30.8 Å². The van der Waals surface area contributed by atoms with Gasteiger partial charge in [0, 0.05) is 13.1 Å². The number of benzene rings is 1. The fraction of sp³-hybridized carbons (Fsp3) is 0.526. The summed E-state index contributed by atoms with van der Waals surface area (Å²) in [6.45, 7) is 5.92. The van der Waals surface area contributed by atoms with Gasteiger partial charge >= 0.3 is 0 Å². The van der Waals surface area contributed by atoms with Gasteiger partial charge in [0.15, 0.2) is 0 Å². The summed E-state index contributed by atoms with van der Waals surface area (Å²) in [5.74, 6) is -0.126. The summed E-state index contributed by atoms with van der Waals surface area (Å²) in [7, 11) is -0.276. The van der Waals surface area contributed by atoms with Crippen LogP contribution in [0.1, 0.15) is 37.3 Å². The number of sulfonamides is 1. The quantitative estimate of drug-likeness (QED) is 0.737. The van der Waals surface area contributed by atoms with Crippen molar-refractivity contribution in [3.63, 3.8) is 0 Å². The van der Waals surface area contributed by atoms with Gasteiger partial charge in [-0.1, -0.05) is 36.4 Å². The Morgan fingerprint density at radius 2 is 2.15 bits per heavy atom. The molecule has 0 aromatic heterocycles. The van der Waals surface area contributed by atoms with Gasteiger partial charge in [-0.05, 0) is 43.7 Å². The van der Waals surface area contributed by atoms with Crippen LogP contribution in [0.5, 0.6) is 0 Å². The fourth-order valence-corrected chi connectivity index (χ4v) is 4.52. The summed E-state index contributed by atoms with van der Waals surface area (Å²) < 4.78 is 25.8. The van der Waals surface area contributed by atoms with Crippen molar-refractivity contribution >= 4 is 21.5 Å². The van der Waals surface area contributed by atoms with Crippen LogP contribution >= 0.6 is 0 Å². The van der Waals surface area contributed by atoms with Crippen molar-refractivity contribution in [3.8, 4) is 0 Å². The topological polar surface area (TPSA) is 75.7 Å². The van der Waals surface area contributed by atoms with Crippen LogP contribution in [0.3, 0.4) is 0 Å². The highest BCUT2D eigenvalue weighted by Gasteiger charge is 2.47. The first-order chi connectivity index (χ1) is 12.1. The normalized spacial score (nSPS) is 23.0. The second-order valence-corrected chi connectivity index (χ2v) is 9.03. The van der Waals surface area contributed by atoms with E-state index in [-0.39, 0.29) is 11.9 Å². The zero-order valence-corrected chi connectivity index (χ0v) is 16.7. The monoisotopic (exact) mass is 380 g/mol. The third kappa shape index (κ3) is 4.93. The highest BCUT2D eigenvalue weighted by Crippen LogP contribution is 2.43. The maximum absolute atomic E-state index is 13.0. The number of hydroxylamine groups is 2. The van der Waals surface area contributed by atoms with Crippen molar-refractivity contribution in [2.75, 3.05) is 20.4 Å². The van der Waals surface area contributed by atoms with Gasteiger partial charge in [0.05, 0.1) is 18.8 Å². The lowest BCUT2D eigenvalue weighted by atomic mass is 9.78. The first kappa shape index (κ1) is 20.6. The van der Waals surface area contributed by atoms with Crippen molar-refractivity contribution in [1.82, 2.24) is 9.79 Å². The first-order valence-corrected chi connectivity index (χ1v) is 10.5. The van der Waals surface area contributed by atoms with Crippen molar-refractivity contribution in [2.45, 2.75) is 38.6 Å². The SMILES string of the molecule is C=C(C)c1cccc(C[C@]2(C(=O)N(C)OC)CC[C@H](NS(C)(=O)=O)C2)c1. The van der Waals surface area contributed by atoms with Gasteiger partial charge in [-0.2, -0.15) is 0 Å². The third-order valence-electron chi connectivity index (χ3n) is 4.97. The second-order valence-electron chi connectivity index (χ2n) is 7.25. The van der Waals surface area contributed by atoms with E-state index in [4.69, 9.17) is 4.84 Å². The molecule has 2 atom stereocenters. The lowest BCUT2D eigenvalue weighted by Gasteiger charge is -2.32. The molecule has 0 saturated heterocycles. The van der Waals surface area contributed by atoms with E-state index in [1.165, 1.54) is 12.2 Å². The molecule has 0 unspecified atom stereocenters. The average molecular weight is 381 g/mol. The lowest BCUT2D eigenvalue weighted by Crippen LogP contribution is -2.43. The van der Waals surface area contributed by atoms with Crippen LogP contribution in [0, 0.1) is 5.41 Å². The van der Waals surface area contributed by atoms with E-state index in [0.29, 0.717) is 25.7 Å². The van der Waals surface area contributed by atoms with Crippen LogP contribution in [0.2, 0.25) is 0 Å². The number of nitrogens with zero attached hydrogens (tertiary/aromatic N) is 1. The Morgan fingerprint density at radius 1 is 1.46 bits per heavy atom. The molecule has 1 aliphatic carbocycles. The molecule has 7 heteroatoms. The highest BCUT2D eigenvalue weighted by atomic mass is 32.2. The molecule has 0 spiro atoms. The van der Waals surface area contributed by atoms with E-state index in [9.17, 15) is 13.2 Å². The van der Waals surface area contributed by atoms with Gasteiger partial charge in [-0.15, -0.1) is 0 Å². The van der Waals surface area contributed by atoms with Crippen LogP contribution in [-0.2, 0) is 26.1 Å². The molecule has 0 radical (unpaired) electrons. The molecule has 0 bridgehead atoms. The van der Waals surface area contributed by atoms with Gasteiger partial charge in [0.1, 0.15) is 0 Å². The molecule has 26 heavy (non-hydrogen) atoms. The Kier molecular flexibility index (Phi) is 6.26. The molecule has 1 aliphatic rings. The number of hydrogen-bond donors (Lipinski definition) is 1. The standard InChI is InChI=1S/C19H28N2O4S/c1-14(2)16-8-6-7-15(11-16)12-19(18(22)21(3)25-4)10-9-17(13-19)20-26(5,23)24/h6-8,11,17,20H,1,9-10,12-13H2,2-5H3/t17-,19+/m0/s1. The summed E-state index contributed by atoms with van der Waals surface area (Å²) in [5, 5.41) is 1.24. The maximum atomic E-state index is 13.0. The molecule has 1 fully saturated rings. The van der Waals surface area contributed by atoms with Crippen molar-refractivity contribution in [1.29, 1.82) is 0 Å². The number of carbonyl (C=O) groups is 1. The Labute approximate surface area is 156 Å². The number of carbonyl (C=O) groups excluding carboxylic acids is 1. The van der Waals surface area contributed by atoms with Gasteiger partial charge in [0.25, 0.3) is 5.91 Å². The Hall–Kier alpha value is -1.70. The number of nitrogens with one attached hydrogen (secondary N) is 1. The molecular formula is C19H28N2O4S. The minimum absolute atomic E-state index is 0.126. The maximum Gasteiger partial charge on any atom is 0.252 e. The van der Waals surface area contributed by atoms with Crippen molar-refractivity contribution in [3.05, 3.63) is 42.0 Å². The van der Waals surface area contributed by atoms with Crippen molar-refractivity contribution in [2.24, 2.45) is 5.41 Å². The van der Waals surface area contributed by atoms with E-state index in [1.54, 1.807) is 7.05 Å². The van der Waals surface area contributed by atoms with Crippen LogP contribution in [0.25, 0.3) is 5.57 Å². The van der Waals surface area contributed by atoms with E-state index in [1.807, 2.05) is 31.2 Å². The largest absolute Gasteiger partial charge is 0.275 e. The summed E-state index contributed by atoms with van der Waals surface area (Å²) in [6.07, 6.45) is 3.35. The molecule has 6 nitrogen and oxygen atoms in total. The predicted molar refractivity (Wildman–Crippen MR) is 103 cm³/mol. The minimum atomic E-state index is -3.32. The molecule has 1 aromatic rings. The number of amides is 1. The number of rotatable bonds is 7. The fourth-order valence-electron chi connectivity index (χ4n) is 3.71. The van der Waals surface area contributed by atoms with Gasteiger partial charge in [-0.25, -0.2) is 18.2 Å². The molecule has 1 amide bonds. The van der Waals surface area contributed by atoms with Gasteiger partial charge < -0.3 is 0 Å². The van der Waals surface area contributed by atoms with Crippen molar-refractivity contribution < 1.29 is 18.0 Å². The lowest BCUT2D eigenvalue weighted by molar-refractivity contribution is -0.180. The Bertz CT molecular complexity index is 790. The molecule has 0 aliphatic heterocycles. The molecule has 1 N–H and O–H groups in total. The highest BCUT2D eigenvalue weighted by molar-refractivity contribution is 7.88. The van der Waals surface area contributed by atoms with E-state index in [2.05, 4.69) is 11.3 Å². The summed E-state index contributed by atoms with van der Waals surface area (Å²) in [5.41, 5.74) is 2.34. The third-order valence-corrected chi connectivity index (χ3v) is 5.73. The van der Waals surface area contributed by atoms with E-state index < -0.39 is 15.4 Å². The molecular weight excluding hydrogens is 352 g/mol. The minimum Gasteiger partial charge on any atom is -0.275 e. The summed E-state index contributed by atoms with van der Waals surface area (Å²) in [4.78, 5) is 18.2. The average Bonchev–Trinajstić information content (AvgIpc) is 2.95. The number of hydrogen-bond acceptors (Lipinski definition) is 4. The van der Waals surface area contributed by atoms with Gasteiger partial charge in [0.2, 0.25) is 10.0 Å². The molecule has 0 heterocycles. The smallest absolute Gasteiger partial charge is 0.252 e. The van der Waals surface area contributed by atoms with Gasteiger partial charge in [-0.3, -0.25) is 9.63 Å². The summed E-state index contributed by atoms with van der Waals surface area (Å²) in [6, 6.07) is 7.74. The molecule has 2 rings (SSSR count). The zero-order chi connectivity index (χ0) is 19.5. The van der Waals surface area contributed by atoms with E-state index in [0.717, 1.165) is 23.0 Å². The van der Waals surface area contributed by atoms with Crippen LogP contribution in [-0.4, -0.2) is 45.8 Å². The van der Waals surface area contributed by atoms with E-state index >= 15 is 0 Å². The predicted octanol–water partition coefficient (Wildman–Crippen LogP) is 2.37. The first-order valence-electron chi connectivity index (χ1n) is 8.61. The zero-order valence-electron chi connectivity index (χ0n) is 15.9. The Balaban J connectivity index is 2.32. The molecule has 144 valence electrons.